The third-order valence-corrected chi connectivity index (χ3v) is 2.00. The van der Waals surface area contributed by atoms with Crippen LogP contribution in [0.1, 0.15) is 11.7 Å². The van der Waals surface area contributed by atoms with Crippen molar-refractivity contribution >= 4 is 0 Å². The van der Waals surface area contributed by atoms with Gasteiger partial charge in [-0.3, -0.25) is 0 Å². The third-order valence-electron chi connectivity index (χ3n) is 2.00. The lowest BCUT2D eigenvalue weighted by molar-refractivity contribution is 0.145. The molecule has 3 heteroatoms. The molecule has 2 heterocycles. The molecule has 3 nitrogen and oxygen atoms in total. The van der Waals surface area contributed by atoms with Crippen molar-refractivity contribution < 1.29 is 9.57 Å². The number of hydrogen-bond acceptors (Lipinski definition) is 3. The van der Waals surface area contributed by atoms with Crippen LogP contribution in [0, 0.1) is 0 Å². The zero-order valence-corrected chi connectivity index (χ0v) is 5.78. The van der Waals surface area contributed by atoms with Crippen LogP contribution in [-0.2, 0) is 4.74 Å². The van der Waals surface area contributed by atoms with E-state index < -0.39 is 0 Å². The molecule has 0 saturated carbocycles. The molecule has 1 saturated heterocycles. The molecule has 1 aromatic carbocycles. The van der Waals surface area contributed by atoms with Gasteiger partial charge in [0.1, 0.15) is 6.10 Å². The van der Waals surface area contributed by atoms with Gasteiger partial charge in [0.05, 0.1) is 0 Å². The van der Waals surface area contributed by atoms with Gasteiger partial charge in [-0.1, -0.05) is 18.2 Å². The maximum absolute atomic E-state index is 5.27. The summed E-state index contributed by atoms with van der Waals surface area (Å²) in [6.45, 7) is 0. The molecule has 1 fully saturated rings. The van der Waals surface area contributed by atoms with Gasteiger partial charge in [-0.15, -0.1) is 5.48 Å². The van der Waals surface area contributed by atoms with Gasteiger partial charge in [0, 0.05) is 5.56 Å². The van der Waals surface area contributed by atoms with Gasteiger partial charge in [0.15, 0.2) is 12.0 Å². The van der Waals surface area contributed by atoms with Crippen molar-refractivity contribution in [2.45, 2.75) is 12.3 Å². The normalized spacial score (nSPS) is 31.6. The SMILES string of the molecule is c1ccc2c(c1)ONC1OC21. The fraction of sp³-hybridized carbons (Fsp3) is 0.250. The van der Waals surface area contributed by atoms with Crippen molar-refractivity contribution in [2.24, 2.45) is 0 Å². The van der Waals surface area contributed by atoms with Crippen molar-refractivity contribution in [1.82, 2.24) is 5.48 Å². The van der Waals surface area contributed by atoms with Gasteiger partial charge in [0.25, 0.3) is 0 Å². The molecule has 1 aromatic rings. The topological polar surface area (TPSA) is 33.8 Å². The first-order valence-electron chi connectivity index (χ1n) is 3.62. The van der Waals surface area contributed by atoms with Crippen LogP contribution < -0.4 is 10.3 Å². The van der Waals surface area contributed by atoms with Crippen molar-refractivity contribution in [3.05, 3.63) is 29.8 Å². The second kappa shape index (κ2) is 1.75. The maximum Gasteiger partial charge on any atom is 0.171 e. The summed E-state index contributed by atoms with van der Waals surface area (Å²) in [7, 11) is 0. The van der Waals surface area contributed by atoms with Gasteiger partial charge in [0.2, 0.25) is 0 Å². The molecule has 0 aliphatic carbocycles. The Hall–Kier alpha value is -1.06. The Morgan fingerprint density at radius 3 is 3.18 bits per heavy atom. The molecular weight excluding hydrogens is 142 g/mol. The lowest BCUT2D eigenvalue weighted by Gasteiger charge is -2.12. The Balaban J connectivity index is 2.14. The first-order valence-corrected chi connectivity index (χ1v) is 3.62. The Morgan fingerprint density at radius 2 is 2.18 bits per heavy atom. The Morgan fingerprint density at radius 1 is 1.27 bits per heavy atom. The van der Waals surface area contributed by atoms with Gasteiger partial charge in [-0.25, -0.2) is 0 Å². The van der Waals surface area contributed by atoms with Gasteiger partial charge < -0.3 is 9.57 Å². The van der Waals surface area contributed by atoms with Gasteiger partial charge in [-0.2, -0.15) is 0 Å². The average Bonchev–Trinajstić information content (AvgIpc) is 2.83. The molecule has 0 radical (unpaired) electrons. The fourth-order valence-corrected chi connectivity index (χ4v) is 1.37. The Kier molecular flexibility index (Phi) is 0.887. The van der Waals surface area contributed by atoms with Crippen LogP contribution in [0.3, 0.4) is 0 Å². The first-order chi connectivity index (χ1) is 5.45. The number of ether oxygens (including phenoxy) is 1. The molecule has 0 bridgehead atoms. The number of benzene rings is 1. The first kappa shape index (κ1) is 5.57. The lowest BCUT2D eigenvalue weighted by atomic mass is 10.1. The third kappa shape index (κ3) is 0.692. The van der Waals surface area contributed by atoms with E-state index in [2.05, 4.69) is 5.48 Å². The van der Waals surface area contributed by atoms with Crippen LogP contribution in [0.2, 0.25) is 0 Å². The molecule has 0 amide bonds. The second-order valence-corrected chi connectivity index (χ2v) is 2.74. The van der Waals surface area contributed by atoms with E-state index in [0.29, 0.717) is 0 Å². The fourth-order valence-electron chi connectivity index (χ4n) is 1.37. The van der Waals surface area contributed by atoms with E-state index in [1.54, 1.807) is 0 Å². The molecular formula is C8H7NO2. The number of hydrogen-bond donors (Lipinski definition) is 1. The number of rotatable bonds is 0. The average molecular weight is 149 g/mol. The van der Waals surface area contributed by atoms with Crippen LogP contribution in [0.25, 0.3) is 0 Å². The van der Waals surface area contributed by atoms with Crippen LogP contribution in [0.4, 0.5) is 0 Å². The summed E-state index contributed by atoms with van der Waals surface area (Å²) >= 11 is 0. The smallest absolute Gasteiger partial charge is 0.171 e. The van der Waals surface area contributed by atoms with E-state index in [4.69, 9.17) is 9.57 Å². The summed E-state index contributed by atoms with van der Waals surface area (Å²) in [5, 5.41) is 0. The molecule has 2 unspecified atom stereocenters. The van der Waals surface area contributed by atoms with Crippen LogP contribution in [-0.4, -0.2) is 6.23 Å². The lowest BCUT2D eigenvalue weighted by Crippen LogP contribution is -2.26. The minimum absolute atomic E-state index is 0.0879. The molecule has 2 aliphatic rings. The van der Waals surface area contributed by atoms with Crippen molar-refractivity contribution in [2.75, 3.05) is 0 Å². The number of epoxide rings is 1. The maximum atomic E-state index is 5.27. The molecule has 2 aliphatic heterocycles. The highest BCUT2D eigenvalue weighted by Crippen LogP contribution is 2.44. The number of hydroxylamine groups is 1. The number of para-hydroxylation sites is 1. The standard InChI is InChI=1S/C8H7NO2/c1-2-4-6-5(3-1)7-8(10-7)9-11-6/h1-4,7-9H. The quantitative estimate of drug-likeness (QED) is 0.558. The molecule has 56 valence electrons. The van der Waals surface area contributed by atoms with Gasteiger partial charge in [-0.05, 0) is 6.07 Å². The molecule has 0 aromatic heterocycles. The van der Waals surface area contributed by atoms with E-state index >= 15 is 0 Å². The van der Waals surface area contributed by atoms with Crippen molar-refractivity contribution in [3.8, 4) is 5.75 Å². The molecule has 2 atom stereocenters. The van der Waals surface area contributed by atoms with Crippen LogP contribution >= 0.6 is 0 Å². The summed E-state index contributed by atoms with van der Waals surface area (Å²) in [6.07, 6.45) is 0.310. The summed E-state index contributed by atoms with van der Waals surface area (Å²) in [5.41, 5.74) is 3.94. The highest BCUT2D eigenvalue weighted by Gasteiger charge is 2.45. The molecule has 11 heavy (non-hydrogen) atoms. The summed E-state index contributed by atoms with van der Waals surface area (Å²) in [4.78, 5) is 5.20. The van der Waals surface area contributed by atoms with E-state index in [-0.39, 0.29) is 12.3 Å². The van der Waals surface area contributed by atoms with Crippen LogP contribution in [0.5, 0.6) is 5.75 Å². The minimum atomic E-state index is 0.0879. The molecule has 1 N–H and O–H groups in total. The second-order valence-electron chi connectivity index (χ2n) is 2.74. The number of nitrogens with one attached hydrogen (secondary N) is 1. The predicted octanol–water partition coefficient (Wildman–Crippen LogP) is 0.981. The van der Waals surface area contributed by atoms with E-state index in [1.165, 1.54) is 0 Å². The zero-order valence-electron chi connectivity index (χ0n) is 5.78. The van der Waals surface area contributed by atoms with Gasteiger partial charge >= 0.3 is 0 Å². The summed E-state index contributed by atoms with van der Waals surface area (Å²) in [5.74, 6) is 0.881. The van der Waals surface area contributed by atoms with Crippen LogP contribution in [0.15, 0.2) is 24.3 Å². The zero-order chi connectivity index (χ0) is 7.26. The number of fused-ring (bicyclic) bond motifs is 3. The molecule has 3 rings (SSSR count). The van der Waals surface area contributed by atoms with E-state index in [1.807, 2.05) is 24.3 Å². The predicted molar refractivity (Wildman–Crippen MR) is 37.8 cm³/mol. The summed E-state index contributed by atoms with van der Waals surface area (Å²) < 4.78 is 5.27. The van der Waals surface area contributed by atoms with Crippen molar-refractivity contribution in [1.29, 1.82) is 0 Å². The molecule has 0 spiro atoms. The monoisotopic (exact) mass is 149 g/mol. The highest BCUT2D eigenvalue weighted by atomic mass is 16.7. The Bertz CT molecular complexity index is 300. The largest absolute Gasteiger partial charge is 0.406 e. The van der Waals surface area contributed by atoms with Crippen molar-refractivity contribution in [3.63, 3.8) is 0 Å². The van der Waals surface area contributed by atoms with E-state index in [0.717, 1.165) is 11.3 Å². The summed E-state index contributed by atoms with van der Waals surface area (Å²) in [6, 6.07) is 7.90. The Labute approximate surface area is 63.9 Å². The minimum Gasteiger partial charge on any atom is -0.406 e. The van der Waals surface area contributed by atoms with E-state index in [9.17, 15) is 0 Å². The highest BCUT2D eigenvalue weighted by molar-refractivity contribution is 5.38.